The van der Waals surface area contributed by atoms with Crippen LogP contribution >= 0.6 is 0 Å². The molecule has 0 aliphatic rings. The Morgan fingerprint density at radius 3 is 2.33 bits per heavy atom. The second kappa shape index (κ2) is 6.61. The van der Waals surface area contributed by atoms with Crippen molar-refractivity contribution in [3.05, 3.63) is 0 Å². The molecule has 0 aromatic heterocycles. The van der Waals surface area contributed by atoms with Crippen molar-refractivity contribution in [1.82, 2.24) is 5.32 Å². The van der Waals surface area contributed by atoms with Crippen molar-refractivity contribution < 1.29 is 9.32 Å². The average Bonchev–Trinajstić information content (AvgIpc) is 2.11. The molecule has 0 amide bonds. The lowest BCUT2D eigenvalue weighted by Gasteiger charge is -2.28. The van der Waals surface area contributed by atoms with E-state index in [-0.39, 0.29) is 11.2 Å². The van der Waals surface area contributed by atoms with Gasteiger partial charge in [-0.2, -0.15) is 0 Å². The van der Waals surface area contributed by atoms with E-state index in [0.29, 0.717) is 6.54 Å². The molecule has 3 atom stereocenters. The van der Waals surface area contributed by atoms with E-state index in [0.717, 1.165) is 13.0 Å². The van der Waals surface area contributed by atoms with Crippen molar-refractivity contribution in [3.63, 3.8) is 0 Å². The van der Waals surface area contributed by atoms with Crippen molar-refractivity contribution in [2.45, 2.75) is 45.0 Å². The third kappa shape index (κ3) is 6.28. The highest BCUT2D eigenvalue weighted by molar-refractivity contribution is 7.84. The van der Waals surface area contributed by atoms with Gasteiger partial charge in [0.2, 0.25) is 0 Å². The Hall–Kier alpha value is 0.0700. The van der Waals surface area contributed by atoms with Gasteiger partial charge in [-0.05, 0) is 25.8 Å². The first-order chi connectivity index (χ1) is 6.77. The van der Waals surface area contributed by atoms with Gasteiger partial charge in [-0.25, -0.2) is 0 Å². The standard InChI is InChI=1S/C11H25NO2S/c1-9(2)11(4,13)8-12-7-6-10(3)15(5)14/h9-10,12-13H,6-8H2,1-5H3. The molecule has 0 saturated heterocycles. The maximum absolute atomic E-state index is 11.1. The smallest absolute Gasteiger partial charge is 0.0766 e. The van der Waals surface area contributed by atoms with Gasteiger partial charge in [-0.1, -0.05) is 20.8 Å². The molecule has 3 unspecified atom stereocenters. The molecule has 15 heavy (non-hydrogen) atoms. The molecule has 0 aliphatic carbocycles. The zero-order chi connectivity index (χ0) is 12.1. The first-order valence-corrected chi connectivity index (χ1v) is 7.15. The SMILES string of the molecule is CC(CCNCC(C)(O)C(C)C)S(C)=O. The predicted octanol–water partition coefficient (Wildman–Crippen LogP) is 1.14. The molecule has 0 radical (unpaired) electrons. The van der Waals surface area contributed by atoms with E-state index in [9.17, 15) is 9.32 Å². The Balaban J connectivity index is 3.67. The van der Waals surface area contributed by atoms with Crippen molar-refractivity contribution in [2.24, 2.45) is 5.92 Å². The fourth-order valence-electron chi connectivity index (χ4n) is 1.02. The Morgan fingerprint density at radius 2 is 1.93 bits per heavy atom. The molecule has 2 N–H and O–H groups in total. The van der Waals surface area contributed by atoms with Gasteiger partial charge in [-0.3, -0.25) is 4.21 Å². The zero-order valence-electron chi connectivity index (χ0n) is 10.5. The summed E-state index contributed by atoms with van der Waals surface area (Å²) in [5.41, 5.74) is -0.658. The number of nitrogens with one attached hydrogen (secondary N) is 1. The third-order valence-electron chi connectivity index (χ3n) is 3.02. The lowest BCUT2D eigenvalue weighted by atomic mass is 9.92. The summed E-state index contributed by atoms with van der Waals surface area (Å²) < 4.78 is 11.1. The van der Waals surface area contributed by atoms with Gasteiger partial charge in [0.05, 0.1) is 5.60 Å². The monoisotopic (exact) mass is 235 g/mol. The van der Waals surface area contributed by atoms with E-state index in [2.05, 4.69) is 5.32 Å². The van der Waals surface area contributed by atoms with Crippen LogP contribution in [0.4, 0.5) is 0 Å². The summed E-state index contributed by atoms with van der Waals surface area (Å²) in [6.07, 6.45) is 2.62. The summed E-state index contributed by atoms with van der Waals surface area (Å²) in [6, 6.07) is 0. The van der Waals surface area contributed by atoms with Crippen LogP contribution in [0.2, 0.25) is 0 Å². The highest BCUT2D eigenvalue weighted by Crippen LogP contribution is 2.14. The van der Waals surface area contributed by atoms with Gasteiger partial charge in [0.15, 0.2) is 0 Å². The number of hydrogen-bond donors (Lipinski definition) is 2. The number of rotatable bonds is 7. The highest BCUT2D eigenvalue weighted by Gasteiger charge is 2.23. The molecular formula is C11H25NO2S. The molecule has 3 nitrogen and oxygen atoms in total. The lowest BCUT2D eigenvalue weighted by molar-refractivity contribution is 0.0144. The van der Waals surface area contributed by atoms with E-state index < -0.39 is 16.4 Å². The average molecular weight is 235 g/mol. The van der Waals surface area contributed by atoms with Crippen LogP contribution in [-0.2, 0) is 10.8 Å². The van der Waals surface area contributed by atoms with Crippen molar-refractivity contribution in [2.75, 3.05) is 19.3 Å². The molecule has 0 aromatic rings. The summed E-state index contributed by atoms with van der Waals surface area (Å²) in [5, 5.41) is 13.4. The van der Waals surface area contributed by atoms with E-state index in [1.54, 1.807) is 6.26 Å². The fourth-order valence-corrected chi connectivity index (χ4v) is 1.47. The molecule has 4 heteroatoms. The van der Waals surface area contributed by atoms with E-state index in [1.807, 2.05) is 27.7 Å². The second-order valence-electron chi connectivity index (χ2n) is 4.79. The molecule has 0 aliphatic heterocycles. The van der Waals surface area contributed by atoms with Crippen LogP contribution in [0.3, 0.4) is 0 Å². The Labute approximate surface area is 96.1 Å². The molecule has 0 spiro atoms. The van der Waals surface area contributed by atoms with Gasteiger partial charge < -0.3 is 10.4 Å². The summed E-state index contributed by atoms with van der Waals surface area (Å²) >= 11 is 0. The van der Waals surface area contributed by atoms with Crippen LogP contribution in [0.5, 0.6) is 0 Å². The topological polar surface area (TPSA) is 49.3 Å². The van der Waals surface area contributed by atoms with Gasteiger partial charge in [0.1, 0.15) is 0 Å². The van der Waals surface area contributed by atoms with Gasteiger partial charge in [0, 0.05) is 28.9 Å². The van der Waals surface area contributed by atoms with Gasteiger partial charge in [0.25, 0.3) is 0 Å². The normalized spacial score (nSPS) is 19.9. The summed E-state index contributed by atoms with van der Waals surface area (Å²) in [5.74, 6) is 0.239. The quantitative estimate of drug-likeness (QED) is 0.651. The van der Waals surface area contributed by atoms with Crippen LogP contribution in [0.1, 0.15) is 34.1 Å². The minimum atomic E-state index is -0.746. The summed E-state index contributed by atoms with van der Waals surface area (Å²) in [6.45, 7) is 9.23. The zero-order valence-corrected chi connectivity index (χ0v) is 11.4. The van der Waals surface area contributed by atoms with Gasteiger partial charge in [-0.15, -0.1) is 0 Å². The first kappa shape index (κ1) is 15.1. The largest absolute Gasteiger partial charge is 0.389 e. The Kier molecular flexibility index (Phi) is 6.64. The van der Waals surface area contributed by atoms with Crippen LogP contribution in [0.25, 0.3) is 0 Å². The maximum Gasteiger partial charge on any atom is 0.0766 e. The predicted molar refractivity (Wildman–Crippen MR) is 66.5 cm³/mol. The molecule has 0 rings (SSSR count). The number of aliphatic hydroxyl groups is 1. The molecule has 0 aromatic carbocycles. The van der Waals surface area contributed by atoms with Gasteiger partial charge >= 0.3 is 0 Å². The van der Waals surface area contributed by atoms with E-state index in [1.165, 1.54) is 0 Å². The fraction of sp³-hybridized carbons (Fsp3) is 1.00. The molecule has 0 bridgehead atoms. The molecule has 92 valence electrons. The van der Waals surface area contributed by atoms with Crippen molar-refractivity contribution >= 4 is 10.8 Å². The third-order valence-corrected chi connectivity index (χ3v) is 4.39. The van der Waals surface area contributed by atoms with Crippen molar-refractivity contribution in [3.8, 4) is 0 Å². The summed E-state index contributed by atoms with van der Waals surface area (Å²) in [7, 11) is -0.746. The van der Waals surface area contributed by atoms with Crippen molar-refractivity contribution in [1.29, 1.82) is 0 Å². The Bertz CT molecular complexity index is 205. The Morgan fingerprint density at radius 1 is 1.40 bits per heavy atom. The van der Waals surface area contributed by atoms with Crippen LogP contribution in [-0.4, -0.2) is 39.5 Å². The first-order valence-electron chi connectivity index (χ1n) is 5.52. The highest BCUT2D eigenvalue weighted by atomic mass is 32.2. The molecule has 0 heterocycles. The minimum absolute atomic E-state index is 0.224. The lowest BCUT2D eigenvalue weighted by Crippen LogP contribution is -2.42. The maximum atomic E-state index is 11.1. The molecular weight excluding hydrogens is 210 g/mol. The van der Waals surface area contributed by atoms with E-state index in [4.69, 9.17) is 0 Å². The van der Waals surface area contributed by atoms with Crippen LogP contribution in [0, 0.1) is 5.92 Å². The van der Waals surface area contributed by atoms with Crippen LogP contribution < -0.4 is 5.32 Å². The molecule has 0 saturated carbocycles. The summed E-state index contributed by atoms with van der Waals surface area (Å²) in [4.78, 5) is 0. The van der Waals surface area contributed by atoms with E-state index >= 15 is 0 Å². The van der Waals surface area contributed by atoms with Crippen LogP contribution in [0.15, 0.2) is 0 Å². The second-order valence-corrected chi connectivity index (χ2v) is 6.59. The number of hydrogen-bond acceptors (Lipinski definition) is 3. The minimum Gasteiger partial charge on any atom is -0.389 e. The molecule has 0 fully saturated rings.